The smallest absolute Gasteiger partial charge is 0.161 e. The highest BCUT2D eigenvalue weighted by atomic mass is 16.5. The second kappa shape index (κ2) is 10.7. The number of anilines is 1. The molecule has 2 atom stereocenters. The highest BCUT2D eigenvalue weighted by molar-refractivity contribution is 5.63. The van der Waals surface area contributed by atoms with Crippen LogP contribution >= 0.6 is 0 Å². The van der Waals surface area contributed by atoms with Gasteiger partial charge in [0.2, 0.25) is 0 Å². The molecule has 2 aromatic heterocycles. The molecule has 0 amide bonds. The molecule has 0 bridgehead atoms. The Bertz CT molecular complexity index is 1140. The molecule has 0 saturated carbocycles. The van der Waals surface area contributed by atoms with E-state index >= 15 is 0 Å². The van der Waals surface area contributed by atoms with E-state index in [9.17, 15) is 5.11 Å². The van der Waals surface area contributed by atoms with Gasteiger partial charge in [-0.05, 0) is 62.1 Å². The minimum atomic E-state index is -0.572. The zero-order chi connectivity index (χ0) is 24.2. The Labute approximate surface area is 206 Å². The summed E-state index contributed by atoms with van der Waals surface area (Å²) >= 11 is 0. The number of ether oxygens (including phenoxy) is 2. The fraction of sp³-hybridized carbons (Fsp3) is 0.444. The molecule has 1 fully saturated rings. The molecule has 5 rings (SSSR count). The van der Waals surface area contributed by atoms with Crippen molar-refractivity contribution in [1.82, 2.24) is 20.3 Å². The number of likely N-dealkylation sites (N-methyl/N-ethyl adjacent to an activating group) is 1. The third kappa shape index (κ3) is 5.45. The van der Waals surface area contributed by atoms with Gasteiger partial charge < -0.3 is 24.8 Å². The molecule has 184 valence electrons. The second-order valence-electron chi connectivity index (χ2n) is 9.43. The molecule has 2 aliphatic heterocycles. The zero-order valence-electron chi connectivity index (χ0n) is 20.4. The summed E-state index contributed by atoms with van der Waals surface area (Å²) in [5.74, 6) is 2.83. The highest BCUT2D eigenvalue weighted by Crippen LogP contribution is 2.33. The lowest BCUT2D eigenvalue weighted by Gasteiger charge is -2.22. The highest BCUT2D eigenvalue weighted by Gasteiger charge is 2.26. The number of nitrogens with one attached hydrogen (secondary N) is 1. The summed E-state index contributed by atoms with van der Waals surface area (Å²) in [7, 11) is 1.81. The third-order valence-corrected chi connectivity index (χ3v) is 6.73. The van der Waals surface area contributed by atoms with Crippen molar-refractivity contribution in [2.24, 2.45) is 5.92 Å². The maximum absolute atomic E-state index is 10.00. The van der Waals surface area contributed by atoms with Gasteiger partial charge in [0, 0.05) is 62.1 Å². The van der Waals surface area contributed by atoms with Gasteiger partial charge in [-0.1, -0.05) is 12.1 Å². The molecule has 0 spiro atoms. The summed E-state index contributed by atoms with van der Waals surface area (Å²) in [5, 5.41) is 13.0. The minimum absolute atomic E-state index is 0.220. The van der Waals surface area contributed by atoms with Crippen LogP contribution in [0.3, 0.4) is 0 Å². The molecule has 1 saturated heterocycles. The van der Waals surface area contributed by atoms with Gasteiger partial charge in [-0.2, -0.15) is 0 Å². The first-order valence-corrected chi connectivity index (χ1v) is 12.3. The lowest BCUT2D eigenvalue weighted by atomic mass is 9.99. The van der Waals surface area contributed by atoms with Crippen molar-refractivity contribution in [3.8, 4) is 17.1 Å². The summed E-state index contributed by atoms with van der Waals surface area (Å²) in [6.45, 7) is 6.04. The summed E-state index contributed by atoms with van der Waals surface area (Å²) in [5.41, 5.74) is 5.64. The van der Waals surface area contributed by atoms with E-state index < -0.39 is 6.10 Å². The van der Waals surface area contributed by atoms with E-state index in [0.29, 0.717) is 24.0 Å². The fourth-order valence-corrected chi connectivity index (χ4v) is 4.78. The third-order valence-electron chi connectivity index (χ3n) is 6.73. The number of benzene rings is 1. The predicted molar refractivity (Wildman–Crippen MR) is 134 cm³/mol. The number of aliphatic hydroxyl groups excluding tert-OH is 1. The summed E-state index contributed by atoms with van der Waals surface area (Å²) in [6, 6.07) is 9.89. The van der Waals surface area contributed by atoms with Gasteiger partial charge in [0.1, 0.15) is 24.3 Å². The monoisotopic (exact) mass is 475 g/mol. The van der Waals surface area contributed by atoms with Crippen LogP contribution in [0.4, 0.5) is 5.82 Å². The Morgan fingerprint density at radius 2 is 2.11 bits per heavy atom. The van der Waals surface area contributed by atoms with Crippen LogP contribution < -0.4 is 15.0 Å². The molecule has 0 aliphatic carbocycles. The summed E-state index contributed by atoms with van der Waals surface area (Å²) < 4.78 is 11.5. The van der Waals surface area contributed by atoms with Crippen molar-refractivity contribution in [3.05, 3.63) is 65.1 Å². The Hall–Kier alpha value is -3.07. The van der Waals surface area contributed by atoms with Gasteiger partial charge in [-0.3, -0.25) is 4.98 Å². The van der Waals surface area contributed by atoms with E-state index in [0.717, 1.165) is 61.8 Å². The SMILES string of the molecule is CNCC(O)COc1cccc(-c2nc(C[C@@H]3CCOC3)c(C)c(N3Cc4ccncc4C3)n2)c1. The molecule has 8 nitrogen and oxygen atoms in total. The van der Waals surface area contributed by atoms with E-state index in [4.69, 9.17) is 19.4 Å². The quantitative estimate of drug-likeness (QED) is 0.488. The zero-order valence-corrected chi connectivity index (χ0v) is 20.4. The van der Waals surface area contributed by atoms with Crippen molar-refractivity contribution in [1.29, 1.82) is 0 Å². The van der Waals surface area contributed by atoms with Crippen LogP contribution in [0.25, 0.3) is 11.4 Å². The van der Waals surface area contributed by atoms with Gasteiger partial charge >= 0.3 is 0 Å². The summed E-state index contributed by atoms with van der Waals surface area (Å²) in [4.78, 5) is 16.7. The fourth-order valence-electron chi connectivity index (χ4n) is 4.78. The van der Waals surface area contributed by atoms with Crippen molar-refractivity contribution in [2.45, 2.75) is 39.0 Å². The number of nitrogens with zero attached hydrogens (tertiary/aromatic N) is 4. The van der Waals surface area contributed by atoms with Crippen LogP contribution in [0.5, 0.6) is 5.75 Å². The number of pyridine rings is 1. The number of aromatic nitrogens is 3. The average molecular weight is 476 g/mol. The molecule has 3 aromatic rings. The average Bonchev–Trinajstić information content (AvgIpc) is 3.54. The van der Waals surface area contributed by atoms with E-state index in [1.54, 1.807) is 7.05 Å². The van der Waals surface area contributed by atoms with Crippen molar-refractivity contribution >= 4 is 5.82 Å². The molecule has 8 heteroatoms. The molecule has 35 heavy (non-hydrogen) atoms. The molecule has 0 radical (unpaired) electrons. The van der Waals surface area contributed by atoms with E-state index in [1.807, 2.05) is 36.7 Å². The lowest BCUT2D eigenvalue weighted by Crippen LogP contribution is -2.29. The first-order valence-electron chi connectivity index (χ1n) is 12.3. The van der Waals surface area contributed by atoms with E-state index in [2.05, 4.69) is 28.2 Å². The van der Waals surface area contributed by atoms with Crippen LogP contribution in [-0.2, 0) is 24.2 Å². The van der Waals surface area contributed by atoms with Crippen LogP contribution in [0, 0.1) is 12.8 Å². The van der Waals surface area contributed by atoms with E-state index in [-0.39, 0.29) is 6.61 Å². The Morgan fingerprint density at radius 1 is 1.23 bits per heavy atom. The molecule has 1 unspecified atom stereocenters. The Kier molecular flexibility index (Phi) is 7.22. The molecular weight excluding hydrogens is 442 g/mol. The molecule has 2 N–H and O–H groups in total. The van der Waals surface area contributed by atoms with Gasteiger partial charge in [-0.25, -0.2) is 9.97 Å². The van der Waals surface area contributed by atoms with Crippen LogP contribution in [0.15, 0.2) is 42.7 Å². The van der Waals surface area contributed by atoms with Crippen LogP contribution in [0.2, 0.25) is 0 Å². The topological polar surface area (TPSA) is 92.6 Å². The maximum Gasteiger partial charge on any atom is 0.161 e. The second-order valence-corrected chi connectivity index (χ2v) is 9.43. The largest absolute Gasteiger partial charge is 0.491 e. The standard InChI is InChI=1S/C27H33N5O3/c1-18-25(10-19-7-9-34-16-19)30-26(20-4-3-5-24(11-20)35-17-23(33)13-28-2)31-27(18)32-14-21-6-8-29-12-22(21)15-32/h3-6,8,11-12,19,23,28,33H,7,9-10,13-17H2,1-2H3/t19-,23?/m0/s1. The van der Waals surface area contributed by atoms with Crippen molar-refractivity contribution in [3.63, 3.8) is 0 Å². The van der Waals surface area contributed by atoms with Gasteiger partial charge in [0.15, 0.2) is 5.82 Å². The molecule has 4 heterocycles. The Balaban J connectivity index is 1.46. The van der Waals surface area contributed by atoms with E-state index in [1.165, 1.54) is 11.1 Å². The van der Waals surface area contributed by atoms with Crippen molar-refractivity contribution in [2.75, 3.05) is 38.3 Å². The summed E-state index contributed by atoms with van der Waals surface area (Å²) in [6.07, 6.45) is 5.17. The van der Waals surface area contributed by atoms with Crippen LogP contribution in [0.1, 0.15) is 28.8 Å². The number of rotatable bonds is 9. The number of aliphatic hydroxyl groups is 1. The predicted octanol–water partition coefficient (Wildman–Crippen LogP) is 2.91. The maximum atomic E-state index is 10.00. The molecule has 2 aliphatic rings. The number of fused-ring (bicyclic) bond motifs is 1. The van der Waals surface area contributed by atoms with Gasteiger partial charge in [-0.15, -0.1) is 0 Å². The Morgan fingerprint density at radius 3 is 2.91 bits per heavy atom. The number of hydrogen-bond acceptors (Lipinski definition) is 8. The first kappa shape index (κ1) is 23.7. The van der Waals surface area contributed by atoms with Crippen LogP contribution in [-0.4, -0.2) is 59.6 Å². The number of hydrogen-bond donors (Lipinski definition) is 2. The molecular formula is C27H33N5O3. The lowest BCUT2D eigenvalue weighted by molar-refractivity contribution is 0.108. The van der Waals surface area contributed by atoms with Crippen molar-refractivity contribution < 1.29 is 14.6 Å². The van der Waals surface area contributed by atoms with Gasteiger partial charge in [0.25, 0.3) is 0 Å². The van der Waals surface area contributed by atoms with Gasteiger partial charge in [0.05, 0.1) is 0 Å². The normalized spacial score (nSPS) is 18.0. The minimum Gasteiger partial charge on any atom is -0.491 e. The first-order chi connectivity index (χ1) is 17.1. The molecule has 1 aromatic carbocycles.